The second-order valence-electron chi connectivity index (χ2n) is 10.4. The molecule has 1 heterocycles. The van der Waals surface area contributed by atoms with Gasteiger partial charge in [-0.25, -0.2) is 0 Å². The van der Waals surface area contributed by atoms with Crippen molar-refractivity contribution in [2.45, 2.75) is 64.5 Å². The number of hydrogen-bond acceptors (Lipinski definition) is 3. The zero-order valence-corrected chi connectivity index (χ0v) is 23.1. The Morgan fingerprint density at radius 2 is 1.77 bits per heavy atom. The number of methoxy groups -OCH3 is 1. The van der Waals surface area contributed by atoms with E-state index in [0.29, 0.717) is 15.2 Å². The van der Waals surface area contributed by atoms with E-state index < -0.39 is 0 Å². The minimum absolute atomic E-state index is 0.0748. The first-order valence-electron chi connectivity index (χ1n) is 12.1. The van der Waals surface area contributed by atoms with E-state index in [9.17, 15) is 0 Å². The maximum atomic E-state index is 6.43. The number of amidine groups is 1. The highest BCUT2D eigenvalue weighted by molar-refractivity contribution is 7.80. The molecule has 1 aliphatic heterocycles. The average Bonchev–Trinajstić information content (AvgIpc) is 3.07. The molecule has 0 aromatic heterocycles. The Labute approximate surface area is 224 Å². The maximum Gasteiger partial charge on any atom is 0.179 e. The Kier molecular flexibility index (Phi) is 7.80. The van der Waals surface area contributed by atoms with Gasteiger partial charge in [-0.2, -0.15) is 0 Å². The molecular weight excluding hydrogens is 497 g/mol. The predicted octanol–water partition coefficient (Wildman–Crippen LogP) is 7.93. The largest absolute Gasteiger partial charge is 0.497 e. The Balaban J connectivity index is 1.74. The molecule has 1 unspecified atom stereocenters. The van der Waals surface area contributed by atoms with E-state index in [2.05, 4.69) is 49.2 Å². The van der Waals surface area contributed by atoms with E-state index in [4.69, 9.17) is 45.1 Å². The van der Waals surface area contributed by atoms with Gasteiger partial charge in [-0.1, -0.05) is 81.5 Å². The van der Waals surface area contributed by atoms with Crippen molar-refractivity contribution in [1.29, 1.82) is 0 Å². The van der Waals surface area contributed by atoms with Crippen LogP contribution in [0, 0.1) is 5.41 Å². The minimum atomic E-state index is -0.265. The number of thiocarbonyl (C=S) groups is 1. The van der Waals surface area contributed by atoms with Crippen molar-refractivity contribution in [1.82, 2.24) is 5.32 Å². The molecule has 2 aliphatic rings. The lowest BCUT2D eigenvalue weighted by molar-refractivity contribution is 0.357. The molecule has 2 fully saturated rings. The number of ether oxygens (including phenoxy) is 1. The fraction of sp³-hybridized carbons (Fsp3) is 0.429. The number of benzene rings is 2. The van der Waals surface area contributed by atoms with Crippen LogP contribution in [0.5, 0.6) is 5.75 Å². The third-order valence-electron chi connectivity index (χ3n) is 6.88. The zero-order valence-electron chi connectivity index (χ0n) is 20.8. The fourth-order valence-electron chi connectivity index (χ4n) is 4.91. The topological polar surface area (TPSA) is 36.9 Å². The number of anilines is 1. The Hall–Kier alpha value is -2.08. The van der Waals surface area contributed by atoms with Gasteiger partial charge in [0.05, 0.1) is 13.2 Å². The number of aliphatic imine (C=N–C) groups is 1. The predicted molar refractivity (Wildman–Crippen MR) is 153 cm³/mol. The molecule has 0 bridgehead atoms. The van der Waals surface area contributed by atoms with Gasteiger partial charge in [0.25, 0.3) is 0 Å². The third-order valence-corrected chi connectivity index (χ3v) is 7.73. The number of halogens is 2. The molecule has 2 aromatic rings. The smallest absolute Gasteiger partial charge is 0.179 e. The van der Waals surface area contributed by atoms with Gasteiger partial charge in [-0.05, 0) is 72.4 Å². The van der Waals surface area contributed by atoms with Crippen molar-refractivity contribution in [2.75, 3.05) is 12.0 Å². The number of rotatable bonds is 5. The first-order chi connectivity index (χ1) is 16.6. The van der Waals surface area contributed by atoms with Crippen LogP contribution in [0.1, 0.15) is 58.4 Å². The van der Waals surface area contributed by atoms with Gasteiger partial charge >= 0.3 is 0 Å². The first-order valence-corrected chi connectivity index (χ1v) is 13.3. The van der Waals surface area contributed by atoms with Crippen molar-refractivity contribution in [3.8, 4) is 5.75 Å². The lowest BCUT2D eigenvalue weighted by atomic mass is 9.79. The van der Waals surface area contributed by atoms with Gasteiger partial charge in [0.15, 0.2) is 5.11 Å². The fourth-order valence-corrected chi connectivity index (χ4v) is 5.76. The van der Waals surface area contributed by atoms with Crippen LogP contribution in [-0.4, -0.2) is 29.6 Å². The minimum Gasteiger partial charge on any atom is -0.497 e. The molecule has 1 aliphatic carbocycles. The summed E-state index contributed by atoms with van der Waals surface area (Å²) in [5.74, 6) is 1.79. The molecular formula is C28H33Cl2N3OS. The number of nitrogens with one attached hydrogen (secondary N) is 1. The Bertz CT molecular complexity index is 1130. The van der Waals surface area contributed by atoms with Gasteiger partial charge in [-0.15, -0.1) is 0 Å². The van der Waals surface area contributed by atoms with Gasteiger partial charge in [-0.3, -0.25) is 4.99 Å². The van der Waals surface area contributed by atoms with Crippen LogP contribution in [0.4, 0.5) is 5.69 Å². The highest BCUT2D eigenvalue weighted by Gasteiger charge is 2.50. The van der Waals surface area contributed by atoms with Crippen molar-refractivity contribution in [3.05, 3.63) is 64.1 Å². The molecule has 1 N–H and O–H groups in total. The van der Waals surface area contributed by atoms with Crippen LogP contribution in [0.3, 0.4) is 0 Å². The quantitative estimate of drug-likeness (QED) is 0.399. The van der Waals surface area contributed by atoms with Crippen LogP contribution >= 0.6 is 35.4 Å². The molecule has 0 radical (unpaired) electrons. The summed E-state index contributed by atoms with van der Waals surface area (Å²) in [5.41, 5.74) is 1.62. The van der Waals surface area contributed by atoms with Crippen LogP contribution in [0.2, 0.25) is 10.0 Å². The second kappa shape index (κ2) is 10.5. The van der Waals surface area contributed by atoms with Gasteiger partial charge in [0.2, 0.25) is 0 Å². The van der Waals surface area contributed by atoms with Crippen molar-refractivity contribution in [2.24, 2.45) is 10.4 Å². The molecule has 1 saturated carbocycles. The molecule has 4 nitrogen and oxygen atoms in total. The molecule has 2 aromatic carbocycles. The van der Waals surface area contributed by atoms with E-state index in [1.807, 2.05) is 30.3 Å². The van der Waals surface area contributed by atoms with Gasteiger partial charge in [0, 0.05) is 15.7 Å². The molecule has 4 rings (SSSR count). The second-order valence-corrected chi connectivity index (χ2v) is 11.6. The highest BCUT2D eigenvalue weighted by Crippen LogP contribution is 2.42. The summed E-state index contributed by atoms with van der Waals surface area (Å²) in [4.78, 5) is 7.62. The standard InChI is InChI=1S/C28H33Cl2N3OS/c1-27(2,3)24(15-9-19-8-10-20(29)18-23(19)30)31-25-28(16-6-5-7-17-28)33(26(35)32-25)21-11-13-22(34-4)14-12-21/h8-15,18,24H,5-7,16-17H2,1-4H3,(H,31,32,35). The monoisotopic (exact) mass is 529 g/mol. The average molecular weight is 531 g/mol. The zero-order chi connectivity index (χ0) is 25.2. The lowest BCUT2D eigenvalue weighted by Crippen LogP contribution is -2.51. The molecule has 35 heavy (non-hydrogen) atoms. The summed E-state index contributed by atoms with van der Waals surface area (Å²) in [6.07, 6.45) is 9.72. The van der Waals surface area contributed by atoms with E-state index in [1.165, 1.54) is 6.42 Å². The molecule has 1 spiro atoms. The summed E-state index contributed by atoms with van der Waals surface area (Å²) in [5, 5.41) is 5.47. The third kappa shape index (κ3) is 5.52. The molecule has 1 atom stereocenters. The van der Waals surface area contributed by atoms with Crippen LogP contribution in [0.25, 0.3) is 6.08 Å². The van der Waals surface area contributed by atoms with Crippen molar-refractivity contribution in [3.63, 3.8) is 0 Å². The number of hydrogen-bond donors (Lipinski definition) is 1. The van der Waals surface area contributed by atoms with E-state index in [-0.39, 0.29) is 17.0 Å². The van der Waals surface area contributed by atoms with E-state index >= 15 is 0 Å². The Morgan fingerprint density at radius 3 is 2.37 bits per heavy atom. The highest BCUT2D eigenvalue weighted by atomic mass is 35.5. The SMILES string of the molecule is COc1ccc(N2C(=S)NC(=NC(C=Cc3ccc(Cl)cc3Cl)C(C)(C)C)C23CCCCC3)cc1. The number of nitrogens with zero attached hydrogens (tertiary/aromatic N) is 2. The summed E-state index contributed by atoms with van der Waals surface area (Å²) in [6.45, 7) is 6.62. The molecule has 1 saturated heterocycles. The Morgan fingerprint density at radius 1 is 1.09 bits per heavy atom. The summed E-state index contributed by atoms with van der Waals surface area (Å²) in [6, 6.07) is 13.6. The van der Waals surface area contributed by atoms with Crippen LogP contribution in [0.15, 0.2) is 53.5 Å². The first kappa shape index (κ1) is 26.0. The van der Waals surface area contributed by atoms with Crippen LogP contribution in [-0.2, 0) is 0 Å². The van der Waals surface area contributed by atoms with E-state index in [1.54, 1.807) is 13.2 Å². The molecule has 186 valence electrons. The summed E-state index contributed by atoms with van der Waals surface area (Å²) >= 11 is 18.4. The normalized spacial score (nSPS) is 20.0. The van der Waals surface area contributed by atoms with Crippen molar-refractivity contribution >= 4 is 58.1 Å². The molecule has 7 heteroatoms. The van der Waals surface area contributed by atoms with Crippen molar-refractivity contribution < 1.29 is 4.74 Å². The summed E-state index contributed by atoms with van der Waals surface area (Å²) in [7, 11) is 1.68. The summed E-state index contributed by atoms with van der Waals surface area (Å²) < 4.78 is 5.37. The van der Waals surface area contributed by atoms with E-state index in [0.717, 1.165) is 48.5 Å². The lowest BCUT2D eigenvalue weighted by Gasteiger charge is -2.41. The van der Waals surface area contributed by atoms with Crippen LogP contribution < -0.4 is 15.0 Å². The van der Waals surface area contributed by atoms with Gasteiger partial charge < -0.3 is 15.0 Å². The van der Waals surface area contributed by atoms with Gasteiger partial charge in [0.1, 0.15) is 17.1 Å². The molecule has 0 amide bonds. The maximum absolute atomic E-state index is 6.43.